The Balaban J connectivity index is 1.10. The summed E-state index contributed by atoms with van der Waals surface area (Å²) in [6, 6.07) is 16.6. The first-order valence-corrected chi connectivity index (χ1v) is 12.5. The molecule has 2 fully saturated rings. The number of amides is 2. The van der Waals surface area contributed by atoms with Crippen LogP contribution in [0, 0.1) is 23.7 Å². The maximum atomic E-state index is 12.6. The van der Waals surface area contributed by atoms with Gasteiger partial charge in [0.1, 0.15) is 6.61 Å². The van der Waals surface area contributed by atoms with Crippen molar-refractivity contribution in [1.29, 1.82) is 0 Å². The van der Waals surface area contributed by atoms with Gasteiger partial charge in [0, 0.05) is 30.8 Å². The number of carboxylic acids is 1. The maximum absolute atomic E-state index is 12.6. The lowest BCUT2D eigenvalue weighted by atomic mass is 9.71. The molecule has 5 unspecified atom stereocenters. The van der Waals surface area contributed by atoms with Crippen molar-refractivity contribution in [2.75, 3.05) is 13.2 Å². The van der Waals surface area contributed by atoms with E-state index >= 15 is 0 Å². The third-order valence-corrected chi connectivity index (χ3v) is 7.99. The third-order valence-electron chi connectivity index (χ3n) is 7.99. The van der Waals surface area contributed by atoms with Gasteiger partial charge in [0.25, 0.3) is 0 Å². The summed E-state index contributed by atoms with van der Waals surface area (Å²) >= 11 is 0. The Morgan fingerprint density at radius 1 is 1.00 bits per heavy atom. The lowest BCUT2D eigenvalue weighted by molar-refractivity contribution is -0.138. The molecule has 3 aliphatic rings. The summed E-state index contributed by atoms with van der Waals surface area (Å²) in [6.07, 6.45) is 2.09. The largest absolute Gasteiger partial charge is 0.481 e. The summed E-state index contributed by atoms with van der Waals surface area (Å²) in [5.41, 5.74) is 4.78. The summed E-state index contributed by atoms with van der Waals surface area (Å²) in [6.45, 7) is 2.49. The first-order valence-electron chi connectivity index (χ1n) is 12.5. The smallest absolute Gasteiger partial charge is 0.407 e. The van der Waals surface area contributed by atoms with Gasteiger partial charge in [0.05, 0.1) is 0 Å². The minimum atomic E-state index is -0.854. The molecule has 2 aromatic carbocycles. The molecule has 35 heavy (non-hydrogen) atoms. The minimum Gasteiger partial charge on any atom is -0.481 e. The molecule has 3 aliphatic carbocycles. The Morgan fingerprint density at radius 3 is 2.31 bits per heavy atom. The van der Waals surface area contributed by atoms with E-state index in [2.05, 4.69) is 34.9 Å². The highest BCUT2D eigenvalue weighted by atomic mass is 16.5. The standard InChI is InChI=1S/C28H32N2O5/c1-16(10-26(31)32)14-29-27(33)18-11-17-13-25(23(17)12-18)30-28(34)35-15-24-21-8-4-2-6-19(21)20-7-3-5-9-22(20)24/h2-9,16-18,23-25H,10-15H2,1H3,(H,29,33)(H,30,34)(H,31,32). The minimum absolute atomic E-state index is 0.00321. The highest BCUT2D eigenvalue weighted by Gasteiger charge is 2.50. The van der Waals surface area contributed by atoms with Crippen LogP contribution in [0.2, 0.25) is 0 Å². The number of rotatable bonds is 8. The van der Waals surface area contributed by atoms with Crippen molar-refractivity contribution in [1.82, 2.24) is 10.6 Å². The first-order chi connectivity index (χ1) is 16.9. The SMILES string of the molecule is CC(CNC(=O)C1CC2CC(NC(=O)OCC3c4ccccc4-c4ccccc43)C2C1)CC(=O)O. The number of carbonyl (C=O) groups excluding carboxylic acids is 2. The molecule has 2 aromatic rings. The van der Waals surface area contributed by atoms with Crippen molar-refractivity contribution in [2.24, 2.45) is 23.7 Å². The van der Waals surface area contributed by atoms with Crippen LogP contribution in [0.4, 0.5) is 4.79 Å². The van der Waals surface area contributed by atoms with E-state index in [1.54, 1.807) is 0 Å². The maximum Gasteiger partial charge on any atom is 0.407 e. The summed E-state index contributed by atoms with van der Waals surface area (Å²) in [5, 5.41) is 14.8. The Labute approximate surface area is 205 Å². The molecule has 0 radical (unpaired) electrons. The molecule has 2 amide bonds. The molecule has 0 aliphatic heterocycles. The predicted molar refractivity (Wildman–Crippen MR) is 131 cm³/mol. The second-order valence-corrected chi connectivity index (χ2v) is 10.4. The van der Waals surface area contributed by atoms with Crippen LogP contribution in [-0.4, -0.2) is 42.3 Å². The molecule has 0 aromatic heterocycles. The second-order valence-electron chi connectivity index (χ2n) is 10.4. The molecule has 184 valence electrons. The molecule has 7 nitrogen and oxygen atoms in total. The van der Waals surface area contributed by atoms with Gasteiger partial charge in [-0.1, -0.05) is 55.5 Å². The lowest BCUT2D eigenvalue weighted by Crippen LogP contribution is -2.50. The van der Waals surface area contributed by atoms with E-state index in [9.17, 15) is 14.4 Å². The lowest BCUT2D eigenvalue weighted by Gasteiger charge is -2.40. The van der Waals surface area contributed by atoms with Crippen LogP contribution in [0.1, 0.15) is 49.7 Å². The van der Waals surface area contributed by atoms with Gasteiger partial charge in [-0.05, 0) is 59.3 Å². The van der Waals surface area contributed by atoms with Gasteiger partial charge in [-0.25, -0.2) is 4.79 Å². The van der Waals surface area contributed by atoms with Gasteiger partial charge < -0.3 is 20.5 Å². The van der Waals surface area contributed by atoms with Crippen LogP contribution in [-0.2, 0) is 14.3 Å². The monoisotopic (exact) mass is 476 g/mol. The zero-order valence-corrected chi connectivity index (χ0v) is 19.9. The van der Waals surface area contributed by atoms with Crippen molar-refractivity contribution in [2.45, 2.75) is 44.6 Å². The molecule has 0 heterocycles. The number of benzene rings is 2. The van der Waals surface area contributed by atoms with Crippen LogP contribution >= 0.6 is 0 Å². The van der Waals surface area contributed by atoms with Gasteiger partial charge in [0.2, 0.25) is 5.91 Å². The average molecular weight is 477 g/mol. The fourth-order valence-electron chi connectivity index (χ4n) is 6.19. The first kappa shape index (κ1) is 23.4. The molecule has 0 spiro atoms. The number of alkyl carbamates (subject to hydrolysis) is 1. The molecule has 0 bridgehead atoms. The van der Waals surface area contributed by atoms with E-state index in [-0.39, 0.29) is 36.1 Å². The predicted octanol–water partition coefficient (Wildman–Crippen LogP) is 4.17. The molecule has 5 rings (SSSR count). The van der Waals surface area contributed by atoms with Crippen molar-refractivity contribution in [3.05, 3.63) is 59.7 Å². The van der Waals surface area contributed by atoms with Gasteiger partial charge >= 0.3 is 12.1 Å². The Hall–Kier alpha value is -3.35. The van der Waals surface area contributed by atoms with Crippen LogP contribution in [0.25, 0.3) is 11.1 Å². The number of nitrogens with one attached hydrogen (secondary N) is 2. The van der Waals surface area contributed by atoms with Crippen molar-refractivity contribution >= 4 is 18.0 Å². The van der Waals surface area contributed by atoms with E-state index < -0.39 is 12.1 Å². The third kappa shape index (κ3) is 4.77. The fraction of sp³-hybridized carbons (Fsp3) is 0.464. The highest BCUT2D eigenvalue weighted by Crippen LogP contribution is 2.50. The van der Waals surface area contributed by atoms with E-state index in [4.69, 9.17) is 9.84 Å². The molecular weight excluding hydrogens is 444 g/mol. The summed E-state index contributed by atoms with van der Waals surface area (Å²) in [4.78, 5) is 36.0. The number of ether oxygens (including phenoxy) is 1. The number of carbonyl (C=O) groups is 3. The zero-order valence-electron chi connectivity index (χ0n) is 19.9. The molecule has 0 saturated heterocycles. The summed E-state index contributed by atoms with van der Waals surface area (Å²) in [5.74, 6) is -0.257. The topological polar surface area (TPSA) is 105 Å². The molecule has 2 saturated carbocycles. The highest BCUT2D eigenvalue weighted by molar-refractivity contribution is 5.80. The fourth-order valence-corrected chi connectivity index (χ4v) is 6.19. The summed E-state index contributed by atoms with van der Waals surface area (Å²) < 4.78 is 5.69. The molecule has 7 heteroatoms. The Bertz CT molecular complexity index is 1090. The van der Waals surface area contributed by atoms with Crippen molar-refractivity contribution in [3.63, 3.8) is 0 Å². The van der Waals surface area contributed by atoms with Gasteiger partial charge in [-0.2, -0.15) is 0 Å². The number of aliphatic carboxylic acids is 1. The van der Waals surface area contributed by atoms with E-state index in [1.165, 1.54) is 22.3 Å². The average Bonchev–Trinajstić information content (AvgIpc) is 3.34. The number of carboxylic acid groups (broad SMARTS) is 1. The number of hydrogen-bond acceptors (Lipinski definition) is 4. The Morgan fingerprint density at radius 2 is 1.66 bits per heavy atom. The summed E-state index contributed by atoms with van der Waals surface area (Å²) in [7, 11) is 0. The molecule has 3 N–H and O–H groups in total. The van der Waals surface area contributed by atoms with Crippen LogP contribution < -0.4 is 10.6 Å². The van der Waals surface area contributed by atoms with Gasteiger partial charge in [-0.3, -0.25) is 9.59 Å². The number of hydrogen-bond donors (Lipinski definition) is 3. The molecule has 5 atom stereocenters. The van der Waals surface area contributed by atoms with E-state index in [0.717, 1.165) is 19.3 Å². The Kier molecular flexibility index (Phi) is 6.50. The van der Waals surface area contributed by atoms with Gasteiger partial charge in [-0.15, -0.1) is 0 Å². The van der Waals surface area contributed by atoms with Crippen molar-refractivity contribution in [3.8, 4) is 11.1 Å². The normalized spacial score (nSPS) is 24.9. The second kappa shape index (κ2) is 9.72. The van der Waals surface area contributed by atoms with Crippen LogP contribution in [0.5, 0.6) is 0 Å². The van der Waals surface area contributed by atoms with Crippen LogP contribution in [0.15, 0.2) is 48.5 Å². The molecular formula is C28H32N2O5. The quantitative estimate of drug-likeness (QED) is 0.531. The van der Waals surface area contributed by atoms with Crippen LogP contribution in [0.3, 0.4) is 0 Å². The zero-order chi connectivity index (χ0) is 24.5. The van der Waals surface area contributed by atoms with E-state index in [0.29, 0.717) is 25.0 Å². The van der Waals surface area contributed by atoms with Crippen molar-refractivity contribution < 1.29 is 24.2 Å². The van der Waals surface area contributed by atoms with Gasteiger partial charge in [0.15, 0.2) is 0 Å². The number of fused-ring (bicyclic) bond motifs is 4. The van der Waals surface area contributed by atoms with E-state index in [1.807, 2.05) is 31.2 Å².